The van der Waals surface area contributed by atoms with Crippen LogP contribution in [0.4, 0.5) is 17.6 Å². The standard InChI is InChI=1S/C15H10F4N2O2.ClH/c16-11-6-3-9(7-20)12(14(11)22)13(21)8-1-4-10(5-2-8)23-15(17,18)19;/h1-6,13,22H,21H2;1H/t13-;/m1./s1. The van der Waals surface area contributed by atoms with E-state index in [0.717, 1.165) is 24.3 Å². The van der Waals surface area contributed by atoms with Crippen LogP contribution in [-0.4, -0.2) is 11.5 Å². The molecule has 0 aliphatic rings. The highest BCUT2D eigenvalue weighted by Crippen LogP contribution is 2.33. The number of nitrogens with two attached hydrogens (primary N) is 1. The van der Waals surface area contributed by atoms with Crippen molar-refractivity contribution in [1.29, 1.82) is 5.26 Å². The van der Waals surface area contributed by atoms with Crippen molar-refractivity contribution < 1.29 is 27.4 Å². The van der Waals surface area contributed by atoms with Crippen LogP contribution in [0.3, 0.4) is 0 Å². The van der Waals surface area contributed by atoms with Crippen LogP contribution in [0.15, 0.2) is 36.4 Å². The minimum absolute atomic E-state index is 0. The van der Waals surface area contributed by atoms with E-state index in [1.54, 1.807) is 6.07 Å². The third kappa shape index (κ3) is 4.28. The molecule has 0 radical (unpaired) electrons. The van der Waals surface area contributed by atoms with E-state index in [1.165, 1.54) is 12.1 Å². The Morgan fingerprint density at radius 2 is 1.71 bits per heavy atom. The first kappa shape index (κ1) is 19.5. The summed E-state index contributed by atoms with van der Waals surface area (Å²) < 4.78 is 53.5. The lowest BCUT2D eigenvalue weighted by molar-refractivity contribution is -0.274. The zero-order chi connectivity index (χ0) is 17.2. The van der Waals surface area contributed by atoms with Crippen LogP contribution < -0.4 is 10.5 Å². The zero-order valence-electron chi connectivity index (χ0n) is 11.8. The zero-order valence-corrected chi connectivity index (χ0v) is 12.7. The van der Waals surface area contributed by atoms with Crippen molar-refractivity contribution >= 4 is 12.4 Å². The molecule has 2 rings (SSSR count). The fourth-order valence-electron chi connectivity index (χ4n) is 2.04. The summed E-state index contributed by atoms with van der Waals surface area (Å²) in [5.74, 6) is -2.17. The summed E-state index contributed by atoms with van der Waals surface area (Å²) in [6, 6.07) is 7.29. The summed E-state index contributed by atoms with van der Waals surface area (Å²) in [5.41, 5.74) is 6.00. The fourth-order valence-corrected chi connectivity index (χ4v) is 2.04. The van der Waals surface area contributed by atoms with Gasteiger partial charge in [-0.15, -0.1) is 25.6 Å². The Balaban J connectivity index is 0.00000288. The number of rotatable bonds is 3. The van der Waals surface area contributed by atoms with Crippen LogP contribution in [0.1, 0.15) is 22.7 Å². The highest BCUT2D eigenvalue weighted by Gasteiger charge is 2.31. The molecule has 4 nitrogen and oxygen atoms in total. The highest BCUT2D eigenvalue weighted by atomic mass is 35.5. The number of phenolic OH excluding ortho intramolecular Hbond substituents is 1. The molecule has 24 heavy (non-hydrogen) atoms. The molecule has 0 aromatic heterocycles. The minimum Gasteiger partial charge on any atom is -0.505 e. The van der Waals surface area contributed by atoms with E-state index in [-0.39, 0.29) is 29.1 Å². The Hall–Kier alpha value is -2.50. The summed E-state index contributed by atoms with van der Waals surface area (Å²) in [6.07, 6.45) is -4.82. The van der Waals surface area contributed by atoms with Crippen LogP contribution in [0.2, 0.25) is 0 Å². The van der Waals surface area contributed by atoms with Gasteiger partial charge in [-0.1, -0.05) is 12.1 Å². The third-order valence-electron chi connectivity index (χ3n) is 3.07. The number of nitriles is 1. The number of aromatic hydroxyl groups is 1. The summed E-state index contributed by atoms with van der Waals surface area (Å²) in [4.78, 5) is 0. The summed E-state index contributed by atoms with van der Waals surface area (Å²) in [6.45, 7) is 0. The fraction of sp³-hybridized carbons (Fsp3) is 0.133. The molecule has 2 aromatic carbocycles. The van der Waals surface area contributed by atoms with Gasteiger partial charge in [0.25, 0.3) is 0 Å². The van der Waals surface area contributed by atoms with Gasteiger partial charge in [-0.2, -0.15) is 5.26 Å². The van der Waals surface area contributed by atoms with E-state index < -0.39 is 29.7 Å². The van der Waals surface area contributed by atoms with E-state index in [0.29, 0.717) is 0 Å². The summed E-state index contributed by atoms with van der Waals surface area (Å²) in [5, 5.41) is 18.8. The molecular formula is C15H11ClF4N2O2. The quantitative estimate of drug-likeness (QED) is 0.815. The van der Waals surface area contributed by atoms with Crippen molar-refractivity contribution in [1.82, 2.24) is 0 Å². The van der Waals surface area contributed by atoms with Gasteiger partial charge in [-0.3, -0.25) is 0 Å². The third-order valence-corrected chi connectivity index (χ3v) is 3.07. The van der Waals surface area contributed by atoms with Crippen LogP contribution in [0, 0.1) is 17.1 Å². The minimum atomic E-state index is -4.82. The van der Waals surface area contributed by atoms with Gasteiger partial charge in [0.1, 0.15) is 5.75 Å². The van der Waals surface area contributed by atoms with E-state index in [4.69, 9.17) is 11.0 Å². The van der Waals surface area contributed by atoms with Crippen molar-refractivity contribution in [3.8, 4) is 17.6 Å². The molecule has 0 aliphatic heterocycles. The molecule has 0 aliphatic carbocycles. The predicted molar refractivity (Wildman–Crippen MR) is 79.2 cm³/mol. The number of hydrogen-bond donors (Lipinski definition) is 2. The largest absolute Gasteiger partial charge is 0.573 e. The topological polar surface area (TPSA) is 79.3 Å². The van der Waals surface area contributed by atoms with Crippen molar-refractivity contribution in [2.24, 2.45) is 5.73 Å². The molecule has 0 bridgehead atoms. The highest BCUT2D eigenvalue weighted by molar-refractivity contribution is 5.85. The lowest BCUT2D eigenvalue weighted by Gasteiger charge is -2.17. The molecule has 0 heterocycles. The number of benzene rings is 2. The number of phenols is 1. The summed E-state index contributed by atoms with van der Waals surface area (Å²) >= 11 is 0. The van der Waals surface area contributed by atoms with Crippen molar-refractivity contribution in [3.05, 3.63) is 58.9 Å². The smallest absolute Gasteiger partial charge is 0.505 e. The normalized spacial score (nSPS) is 12.0. The molecule has 128 valence electrons. The van der Waals surface area contributed by atoms with Crippen LogP contribution in [0.25, 0.3) is 0 Å². The van der Waals surface area contributed by atoms with E-state index in [1.807, 2.05) is 0 Å². The second-order valence-electron chi connectivity index (χ2n) is 4.56. The molecule has 9 heteroatoms. The molecule has 2 aromatic rings. The maximum atomic E-state index is 13.5. The molecule has 0 spiro atoms. The van der Waals surface area contributed by atoms with Crippen LogP contribution >= 0.6 is 12.4 Å². The lowest BCUT2D eigenvalue weighted by Crippen LogP contribution is -2.17. The van der Waals surface area contributed by atoms with Gasteiger partial charge >= 0.3 is 6.36 Å². The van der Waals surface area contributed by atoms with Gasteiger partial charge in [0, 0.05) is 5.56 Å². The van der Waals surface area contributed by atoms with Gasteiger partial charge in [0.05, 0.1) is 17.7 Å². The number of nitrogens with zero attached hydrogens (tertiary/aromatic N) is 1. The van der Waals surface area contributed by atoms with Gasteiger partial charge in [-0.05, 0) is 29.8 Å². The van der Waals surface area contributed by atoms with E-state index in [9.17, 15) is 22.7 Å². The van der Waals surface area contributed by atoms with E-state index >= 15 is 0 Å². The Morgan fingerprint density at radius 3 is 2.21 bits per heavy atom. The maximum absolute atomic E-state index is 13.5. The number of ether oxygens (including phenoxy) is 1. The molecule has 0 saturated carbocycles. The number of hydrogen-bond acceptors (Lipinski definition) is 4. The maximum Gasteiger partial charge on any atom is 0.573 e. The van der Waals surface area contributed by atoms with Crippen LogP contribution in [0.5, 0.6) is 11.5 Å². The molecule has 0 fully saturated rings. The Bertz CT molecular complexity index is 758. The van der Waals surface area contributed by atoms with Gasteiger partial charge < -0.3 is 15.6 Å². The SMILES string of the molecule is Cl.N#Cc1ccc(F)c(O)c1[C@H](N)c1ccc(OC(F)(F)F)cc1. The Labute approximate surface area is 140 Å². The Kier molecular flexibility index (Phi) is 6.01. The van der Waals surface area contributed by atoms with Gasteiger partial charge in [-0.25, -0.2) is 4.39 Å². The molecule has 0 saturated heterocycles. The number of alkyl halides is 3. The second-order valence-corrected chi connectivity index (χ2v) is 4.56. The molecule has 3 N–H and O–H groups in total. The van der Waals surface area contributed by atoms with Crippen molar-refractivity contribution in [3.63, 3.8) is 0 Å². The van der Waals surface area contributed by atoms with Gasteiger partial charge in [0.15, 0.2) is 11.6 Å². The molecule has 1 atom stereocenters. The van der Waals surface area contributed by atoms with Crippen molar-refractivity contribution in [2.45, 2.75) is 12.4 Å². The van der Waals surface area contributed by atoms with Crippen molar-refractivity contribution in [2.75, 3.05) is 0 Å². The van der Waals surface area contributed by atoms with E-state index in [2.05, 4.69) is 4.74 Å². The monoisotopic (exact) mass is 362 g/mol. The lowest BCUT2D eigenvalue weighted by atomic mass is 9.94. The average Bonchev–Trinajstić information content (AvgIpc) is 2.48. The predicted octanol–water partition coefficient (Wildman–Crippen LogP) is 3.77. The summed E-state index contributed by atoms with van der Waals surface area (Å²) in [7, 11) is 0. The van der Waals surface area contributed by atoms with Crippen LogP contribution in [-0.2, 0) is 0 Å². The molecule has 0 amide bonds. The number of halogens is 5. The molecular weight excluding hydrogens is 352 g/mol. The first-order valence-corrected chi connectivity index (χ1v) is 6.25. The first-order valence-electron chi connectivity index (χ1n) is 6.25. The molecule has 0 unspecified atom stereocenters. The first-order chi connectivity index (χ1) is 10.7. The average molecular weight is 363 g/mol. The second kappa shape index (κ2) is 7.38. The Morgan fingerprint density at radius 1 is 1.12 bits per heavy atom. The van der Waals surface area contributed by atoms with Gasteiger partial charge in [0.2, 0.25) is 0 Å².